The molecule has 2 aromatic carbocycles. The second-order valence-electron chi connectivity index (χ2n) is 4.76. The van der Waals surface area contributed by atoms with E-state index < -0.39 is 9.85 Å². The molecule has 0 radical (unpaired) electrons. The standard InChI is InChI=1S/C14H14N4O4/c1-16(2)13-8-11(15-10-6-4-3-5-7-10)12(17(19)20)9-14(13)18(21)22/h3-9,15H,1-2H3. The summed E-state index contributed by atoms with van der Waals surface area (Å²) in [5.41, 5.74) is 0.486. The van der Waals surface area contributed by atoms with E-state index in [1.54, 1.807) is 38.4 Å². The fourth-order valence-electron chi connectivity index (χ4n) is 2.00. The number of rotatable bonds is 5. The van der Waals surface area contributed by atoms with Crippen LogP contribution >= 0.6 is 0 Å². The van der Waals surface area contributed by atoms with Crippen molar-refractivity contribution in [1.82, 2.24) is 0 Å². The third kappa shape index (κ3) is 3.11. The molecule has 2 rings (SSSR count). The molecule has 1 N–H and O–H groups in total. The second kappa shape index (κ2) is 6.08. The molecular weight excluding hydrogens is 288 g/mol. The lowest BCUT2D eigenvalue weighted by molar-refractivity contribution is -0.393. The predicted octanol–water partition coefficient (Wildman–Crippen LogP) is 3.31. The van der Waals surface area contributed by atoms with Crippen molar-refractivity contribution in [2.75, 3.05) is 24.3 Å². The molecule has 0 unspecified atom stereocenters. The fourth-order valence-corrected chi connectivity index (χ4v) is 2.00. The number of nitro benzene ring substituents is 2. The number of benzene rings is 2. The van der Waals surface area contributed by atoms with Crippen molar-refractivity contribution in [2.24, 2.45) is 0 Å². The van der Waals surface area contributed by atoms with Crippen molar-refractivity contribution in [2.45, 2.75) is 0 Å². The molecule has 0 spiro atoms. The molecule has 0 aromatic heterocycles. The Balaban J connectivity index is 2.58. The molecule has 0 saturated carbocycles. The van der Waals surface area contributed by atoms with Crippen molar-refractivity contribution < 1.29 is 9.85 Å². The highest BCUT2D eigenvalue weighted by molar-refractivity contribution is 5.80. The van der Waals surface area contributed by atoms with Crippen molar-refractivity contribution in [3.8, 4) is 0 Å². The molecule has 22 heavy (non-hydrogen) atoms. The van der Waals surface area contributed by atoms with Gasteiger partial charge >= 0.3 is 0 Å². The van der Waals surface area contributed by atoms with E-state index in [1.807, 2.05) is 6.07 Å². The summed E-state index contributed by atoms with van der Waals surface area (Å²) in [5.74, 6) is 0. The van der Waals surface area contributed by atoms with Crippen molar-refractivity contribution in [3.05, 3.63) is 62.7 Å². The van der Waals surface area contributed by atoms with Gasteiger partial charge in [0.15, 0.2) is 0 Å². The van der Waals surface area contributed by atoms with Gasteiger partial charge in [-0.1, -0.05) is 18.2 Å². The number of anilines is 3. The van der Waals surface area contributed by atoms with Gasteiger partial charge in [-0.15, -0.1) is 0 Å². The first kappa shape index (κ1) is 15.2. The monoisotopic (exact) mass is 302 g/mol. The Morgan fingerprint density at radius 3 is 2.05 bits per heavy atom. The van der Waals surface area contributed by atoms with E-state index in [4.69, 9.17) is 0 Å². The molecule has 0 saturated heterocycles. The van der Waals surface area contributed by atoms with E-state index >= 15 is 0 Å². The maximum atomic E-state index is 11.2. The lowest BCUT2D eigenvalue weighted by Gasteiger charge is -2.15. The van der Waals surface area contributed by atoms with Crippen LogP contribution in [0.4, 0.5) is 28.4 Å². The third-order valence-electron chi connectivity index (χ3n) is 3.02. The first-order chi connectivity index (χ1) is 10.4. The highest BCUT2D eigenvalue weighted by atomic mass is 16.6. The zero-order valence-corrected chi connectivity index (χ0v) is 12.0. The van der Waals surface area contributed by atoms with Crippen LogP contribution in [0, 0.1) is 20.2 Å². The topological polar surface area (TPSA) is 102 Å². The number of nitro groups is 2. The minimum absolute atomic E-state index is 0.200. The van der Waals surface area contributed by atoms with Crippen LogP contribution in [0.1, 0.15) is 0 Å². The van der Waals surface area contributed by atoms with Gasteiger partial charge in [0.05, 0.1) is 15.9 Å². The van der Waals surface area contributed by atoms with Gasteiger partial charge in [-0.05, 0) is 18.2 Å². The number of nitrogens with zero attached hydrogens (tertiary/aromatic N) is 3. The summed E-state index contributed by atoms with van der Waals surface area (Å²) in [4.78, 5) is 22.6. The predicted molar refractivity (Wildman–Crippen MR) is 83.8 cm³/mol. The second-order valence-corrected chi connectivity index (χ2v) is 4.76. The van der Waals surface area contributed by atoms with E-state index in [0.717, 1.165) is 6.07 Å². The van der Waals surface area contributed by atoms with Gasteiger partial charge in [-0.3, -0.25) is 20.2 Å². The SMILES string of the molecule is CN(C)c1cc(Nc2ccccc2)c([N+](=O)[O-])cc1[N+](=O)[O-]. The zero-order chi connectivity index (χ0) is 16.3. The Hall–Kier alpha value is -3.16. The highest BCUT2D eigenvalue weighted by Crippen LogP contribution is 2.38. The largest absolute Gasteiger partial charge is 0.372 e. The van der Waals surface area contributed by atoms with Crippen LogP contribution in [0.2, 0.25) is 0 Å². The fraction of sp³-hybridized carbons (Fsp3) is 0.143. The molecule has 0 atom stereocenters. The molecule has 0 aliphatic rings. The molecule has 0 heterocycles. The molecule has 2 aromatic rings. The molecule has 0 amide bonds. The van der Waals surface area contributed by atoms with Gasteiger partial charge in [0.2, 0.25) is 0 Å². The third-order valence-corrected chi connectivity index (χ3v) is 3.02. The first-order valence-corrected chi connectivity index (χ1v) is 6.36. The summed E-state index contributed by atoms with van der Waals surface area (Å²) in [6.07, 6.45) is 0. The van der Waals surface area contributed by atoms with Crippen LogP contribution in [0.25, 0.3) is 0 Å². The lowest BCUT2D eigenvalue weighted by Crippen LogP contribution is -2.12. The summed E-state index contributed by atoms with van der Waals surface area (Å²) in [5, 5.41) is 25.2. The van der Waals surface area contributed by atoms with E-state index in [1.165, 1.54) is 11.0 Å². The molecule has 0 aliphatic heterocycles. The Morgan fingerprint density at radius 2 is 1.55 bits per heavy atom. The number of para-hydroxylation sites is 1. The molecule has 114 valence electrons. The summed E-state index contributed by atoms with van der Waals surface area (Å²) < 4.78 is 0. The normalized spacial score (nSPS) is 10.1. The van der Waals surface area contributed by atoms with Crippen LogP contribution in [0.5, 0.6) is 0 Å². The average molecular weight is 302 g/mol. The number of hydrogen-bond donors (Lipinski definition) is 1. The molecule has 0 bridgehead atoms. The summed E-state index contributed by atoms with van der Waals surface area (Å²) in [7, 11) is 3.28. The maximum absolute atomic E-state index is 11.2. The number of nitrogens with one attached hydrogen (secondary N) is 1. The van der Waals surface area contributed by atoms with Gasteiger partial charge in [0.25, 0.3) is 11.4 Å². The maximum Gasteiger partial charge on any atom is 0.299 e. The van der Waals surface area contributed by atoms with Gasteiger partial charge in [0, 0.05) is 19.8 Å². The van der Waals surface area contributed by atoms with E-state index in [0.29, 0.717) is 5.69 Å². The number of hydrogen-bond acceptors (Lipinski definition) is 6. The van der Waals surface area contributed by atoms with Crippen LogP contribution in [0.3, 0.4) is 0 Å². The minimum Gasteiger partial charge on any atom is -0.372 e. The Morgan fingerprint density at radius 1 is 0.955 bits per heavy atom. The Bertz CT molecular complexity index is 716. The minimum atomic E-state index is -0.641. The van der Waals surface area contributed by atoms with E-state index in [9.17, 15) is 20.2 Å². The average Bonchev–Trinajstić information content (AvgIpc) is 2.47. The quantitative estimate of drug-likeness (QED) is 0.671. The van der Waals surface area contributed by atoms with E-state index in [2.05, 4.69) is 5.32 Å². The summed E-state index contributed by atoms with van der Waals surface area (Å²) >= 11 is 0. The van der Waals surface area contributed by atoms with Crippen LogP contribution in [0.15, 0.2) is 42.5 Å². The van der Waals surface area contributed by atoms with Crippen LogP contribution in [-0.2, 0) is 0 Å². The zero-order valence-electron chi connectivity index (χ0n) is 12.0. The first-order valence-electron chi connectivity index (χ1n) is 6.36. The lowest BCUT2D eigenvalue weighted by atomic mass is 10.2. The van der Waals surface area contributed by atoms with Gasteiger partial charge in [-0.25, -0.2) is 0 Å². The van der Waals surface area contributed by atoms with Crippen molar-refractivity contribution >= 4 is 28.4 Å². The van der Waals surface area contributed by atoms with Crippen LogP contribution < -0.4 is 10.2 Å². The molecule has 0 fully saturated rings. The van der Waals surface area contributed by atoms with Crippen molar-refractivity contribution in [3.63, 3.8) is 0 Å². The Labute approximate surface area is 126 Å². The van der Waals surface area contributed by atoms with Gasteiger partial charge in [0.1, 0.15) is 11.4 Å². The van der Waals surface area contributed by atoms with Crippen LogP contribution in [-0.4, -0.2) is 23.9 Å². The van der Waals surface area contributed by atoms with E-state index in [-0.39, 0.29) is 22.7 Å². The smallest absolute Gasteiger partial charge is 0.299 e. The summed E-state index contributed by atoms with van der Waals surface area (Å²) in [6, 6.07) is 11.3. The van der Waals surface area contributed by atoms with Crippen molar-refractivity contribution in [1.29, 1.82) is 0 Å². The van der Waals surface area contributed by atoms with Gasteiger partial charge < -0.3 is 10.2 Å². The summed E-state index contributed by atoms with van der Waals surface area (Å²) in [6.45, 7) is 0. The molecule has 0 aliphatic carbocycles. The molecular formula is C14H14N4O4. The highest BCUT2D eigenvalue weighted by Gasteiger charge is 2.25. The molecule has 8 nitrogen and oxygen atoms in total. The Kier molecular flexibility index (Phi) is 4.21. The van der Waals surface area contributed by atoms with Gasteiger partial charge in [-0.2, -0.15) is 0 Å². The molecule has 8 heteroatoms.